The van der Waals surface area contributed by atoms with Crippen molar-refractivity contribution in [3.8, 4) is 0 Å². The Hall–Kier alpha value is -1.65. The second kappa shape index (κ2) is 9.30. The molecule has 0 unspecified atom stereocenters. The Bertz CT molecular complexity index is 388. The number of rotatable bonds is 8. The quantitative estimate of drug-likeness (QED) is 0.325. The van der Waals surface area contributed by atoms with E-state index in [0.717, 1.165) is 31.2 Å². The molecule has 0 radical (unpaired) electrons. The fourth-order valence-electron chi connectivity index (χ4n) is 1.61. The molecule has 4 heteroatoms. The van der Waals surface area contributed by atoms with Gasteiger partial charge in [0, 0.05) is 6.08 Å². The van der Waals surface area contributed by atoms with Crippen LogP contribution in [0, 0.1) is 0 Å². The van der Waals surface area contributed by atoms with E-state index >= 15 is 0 Å². The summed E-state index contributed by atoms with van der Waals surface area (Å²) in [4.78, 5) is 11.4. The first kappa shape index (κ1) is 15.4. The van der Waals surface area contributed by atoms with Crippen molar-refractivity contribution in [3.05, 3.63) is 42.0 Å². The van der Waals surface area contributed by atoms with Crippen LogP contribution >= 0.6 is 0 Å². The maximum Gasteiger partial charge on any atom is 0.330 e. The Morgan fingerprint density at radius 3 is 2.58 bits per heavy atom. The summed E-state index contributed by atoms with van der Waals surface area (Å²) in [6, 6.07) is 9.64. The van der Waals surface area contributed by atoms with E-state index in [1.165, 1.54) is 6.08 Å². The third-order valence-electron chi connectivity index (χ3n) is 2.64. The van der Waals surface area contributed by atoms with Crippen LogP contribution in [0.5, 0.6) is 0 Å². The minimum atomic E-state index is -0.306. The minimum absolute atomic E-state index is 0.239. The molecule has 0 amide bonds. The Morgan fingerprint density at radius 2 is 1.89 bits per heavy atom. The molecule has 19 heavy (non-hydrogen) atoms. The Balaban J connectivity index is 2.10. The van der Waals surface area contributed by atoms with Gasteiger partial charge in [0.05, 0.1) is 12.8 Å². The molecule has 1 aromatic carbocycles. The number of nitrogens with two attached hydrogens (primary N) is 2. The van der Waals surface area contributed by atoms with Gasteiger partial charge in [-0.25, -0.2) is 4.79 Å². The van der Waals surface area contributed by atoms with E-state index in [4.69, 9.17) is 16.2 Å². The first-order chi connectivity index (χ1) is 9.18. The van der Waals surface area contributed by atoms with Gasteiger partial charge < -0.3 is 16.2 Å². The molecule has 0 fully saturated rings. The molecule has 0 spiro atoms. The van der Waals surface area contributed by atoms with Gasteiger partial charge in [0.1, 0.15) is 0 Å². The van der Waals surface area contributed by atoms with Gasteiger partial charge in [-0.05, 0) is 30.9 Å². The monoisotopic (exact) mass is 262 g/mol. The number of esters is 1. The van der Waals surface area contributed by atoms with Crippen molar-refractivity contribution in [3.63, 3.8) is 0 Å². The maximum atomic E-state index is 11.4. The summed E-state index contributed by atoms with van der Waals surface area (Å²) in [7, 11) is 0. The molecular formula is C15H22N2O2. The molecule has 0 aliphatic carbocycles. The molecule has 0 saturated carbocycles. The van der Waals surface area contributed by atoms with Crippen molar-refractivity contribution in [2.75, 3.05) is 6.61 Å². The lowest BCUT2D eigenvalue weighted by atomic mass is 10.2. The molecule has 0 atom stereocenters. The second-order valence-corrected chi connectivity index (χ2v) is 4.42. The maximum absolute atomic E-state index is 11.4. The molecule has 0 aromatic heterocycles. The topological polar surface area (TPSA) is 78.3 Å². The number of benzene rings is 1. The number of hydrogen-bond acceptors (Lipinski definition) is 4. The molecule has 0 aliphatic rings. The van der Waals surface area contributed by atoms with E-state index < -0.39 is 0 Å². The summed E-state index contributed by atoms with van der Waals surface area (Å²) in [5.41, 5.74) is 11.8. The van der Waals surface area contributed by atoms with E-state index in [0.29, 0.717) is 6.61 Å². The van der Waals surface area contributed by atoms with Crippen LogP contribution in [0.25, 0.3) is 6.08 Å². The average Bonchev–Trinajstić information content (AvgIpc) is 2.41. The van der Waals surface area contributed by atoms with Crippen LogP contribution in [0.2, 0.25) is 0 Å². The van der Waals surface area contributed by atoms with Gasteiger partial charge in [-0.2, -0.15) is 0 Å². The molecule has 0 aliphatic heterocycles. The van der Waals surface area contributed by atoms with Crippen molar-refractivity contribution < 1.29 is 9.53 Å². The fourth-order valence-corrected chi connectivity index (χ4v) is 1.61. The van der Waals surface area contributed by atoms with Crippen LogP contribution in [0.3, 0.4) is 0 Å². The van der Waals surface area contributed by atoms with Gasteiger partial charge >= 0.3 is 5.97 Å². The smallest absolute Gasteiger partial charge is 0.330 e. The van der Waals surface area contributed by atoms with Crippen molar-refractivity contribution >= 4 is 12.0 Å². The van der Waals surface area contributed by atoms with Gasteiger partial charge in [-0.3, -0.25) is 0 Å². The summed E-state index contributed by atoms with van der Waals surface area (Å²) in [5, 5.41) is 0. The van der Waals surface area contributed by atoms with Gasteiger partial charge in [0.15, 0.2) is 0 Å². The van der Waals surface area contributed by atoms with Crippen molar-refractivity contribution in [2.45, 2.75) is 31.8 Å². The van der Waals surface area contributed by atoms with E-state index in [1.807, 2.05) is 30.3 Å². The van der Waals surface area contributed by atoms with Crippen LogP contribution < -0.4 is 11.5 Å². The third kappa shape index (κ3) is 8.13. The predicted molar refractivity (Wildman–Crippen MR) is 77.1 cm³/mol. The molecule has 0 bridgehead atoms. The standard InChI is InChI=1S/C15H22N2O2/c16-14(17)9-5-2-6-12-19-15(18)11-10-13-7-3-1-4-8-13/h1,3-4,7-8,10-11,14H,2,5-6,9,12,16-17H2. The van der Waals surface area contributed by atoms with Crippen LogP contribution in [0.4, 0.5) is 0 Å². The minimum Gasteiger partial charge on any atom is -0.463 e. The predicted octanol–water partition coefficient (Wildman–Crippen LogP) is 2.05. The van der Waals surface area contributed by atoms with Gasteiger partial charge in [-0.1, -0.05) is 36.8 Å². The summed E-state index contributed by atoms with van der Waals surface area (Å²) >= 11 is 0. The lowest BCUT2D eigenvalue weighted by Crippen LogP contribution is -2.29. The Morgan fingerprint density at radius 1 is 1.16 bits per heavy atom. The van der Waals surface area contributed by atoms with Gasteiger partial charge in [0.2, 0.25) is 0 Å². The Kier molecular flexibility index (Phi) is 7.54. The van der Waals surface area contributed by atoms with Crippen molar-refractivity contribution in [1.82, 2.24) is 0 Å². The molecular weight excluding hydrogens is 240 g/mol. The number of carbonyl (C=O) groups is 1. The number of carbonyl (C=O) groups excluding carboxylic acids is 1. The summed E-state index contributed by atoms with van der Waals surface area (Å²) in [5.74, 6) is -0.306. The molecule has 0 heterocycles. The molecule has 0 saturated heterocycles. The number of ether oxygens (including phenoxy) is 1. The van der Waals surface area contributed by atoms with E-state index in [2.05, 4.69) is 0 Å². The highest BCUT2D eigenvalue weighted by Gasteiger charge is 1.98. The molecule has 4 nitrogen and oxygen atoms in total. The number of unbranched alkanes of at least 4 members (excludes halogenated alkanes) is 2. The Labute approximate surface area is 114 Å². The highest BCUT2D eigenvalue weighted by atomic mass is 16.5. The van der Waals surface area contributed by atoms with Crippen LogP contribution in [-0.4, -0.2) is 18.7 Å². The average molecular weight is 262 g/mol. The van der Waals surface area contributed by atoms with E-state index in [9.17, 15) is 4.79 Å². The van der Waals surface area contributed by atoms with E-state index in [1.54, 1.807) is 6.08 Å². The highest BCUT2D eigenvalue weighted by Crippen LogP contribution is 2.03. The summed E-state index contributed by atoms with van der Waals surface area (Å²) < 4.78 is 5.08. The molecule has 4 N–H and O–H groups in total. The highest BCUT2D eigenvalue weighted by molar-refractivity contribution is 5.86. The first-order valence-electron chi connectivity index (χ1n) is 6.59. The molecule has 104 valence electrons. The number of hydrogen-bond donors (Lipinski definition) is 2. The molecule has 1 aromatic rings. The normalized spacial score (nSPS) is 11.1. The second-order valence-electron chi connectivity index (χ2n) is 4.42. The summed E-state index contributed by atoms with van der Waals surface area (Å²) in [6.45, 7) is 0.442. The zero-order valence-electron chi connectivity index (χ0n) is 11.1. The van der Waals surface area contributed by atoms with Crippen LogP contribution in [-0.2, 0) is 9.53 Å². The molecule has 1 rings (SSSR count). The van der Waals surface area contributed by atoms with Crippen molar-refractivity contribution in [1.29, 1.82) is 0 Å². The third-order valence-corrected chi connectivity index (χ3v) is 2.64. The lowest BCUT2D eigenvalue weighted by molar-refractivity contribution is -0.137. The van der Waals surface area contributed by atoms with Gasteiger partial charge in [-0.15, -0.1) is 0 Å². The van der Waals surface area contributed by atoms with Gasteiger partial charge in [0.25, 0.3) is 0 Å². The fraction of sp³-hybridized carbons (Fsp3) is 0.400. The largest absolute Gasteiger partial charge is 0.463 e. The van der Waals surface area contributed by atoms with E-state index in [-0.39, 0.29) is 12.1 Å². The summed E-state index contributed by atoms with van der Waals surface area (Å²) in [6.07, 6.45) is 6.55. The first-order valence-corrected chi connectivity index (χ1v) is 6.59. The zero-order valence-corrected chi connectivity index (χ0v) is 11.1. The van der Waals surface area contributed by atoms with Crippen LogP contribution in [0.15, 0.2) is 36.4 Å². The van der Waals surface area contributed by atoms with Crippen molar-refractivity contribution in [2.24, 2.45) is 11.5 Å². The lowest BCUT2D eigenvalue weighted by Gasteiger charge is -2.04. The van der Waals surface area contributed by atoms with Crippen LogP contribution in [0.1, 0.15) is 31.2 Å². The zero-order chi connectivity index (χ0) is 13.9. The SMILES string of the molecule is NC(N)CCCCCOC(=O)C=Cc1ccccc1.